The van der Waals surface area contributed by atoms with Gasteiger partial charge in [-0.3, -0.25) is 18.9 Å². The summed E-state index contributed by atoms with van der Waals surface area (Å²) in [5.74, 6) is 0.913. The van der Waals surface area contributed by atoms with Crippen molar-refractivity contribution in [2.75, 3.05) is 23.9 Å². The molecule has 0 bridgehead atoms. The zero-order valence-corrected chi connectivity index (χ0v) is 19.8. The van der Waals surface area contributed by atoms with Gasteiger partial charge in [0, 0.05) is 19.7 Å². The van der Waals surface area contributed by atoms with Gasteiger partial charge in [0.1, 0.15) is 17.2 Å². The van der Waals surface area contributed by atoms with Crippen LogP contribution in [-0.4, -0.2) is 34.9 Å². The Labute approximate surface area is 199 Å². The molecule has 7 nitrogen and oxygen atoms in total. The Morgan fingerprint density at radius 3 is 2.44 bits per heavy atom. The van der Waals surface area contributed by atoms with Crippen LogP contribution in [0.5, 0.6) is 5.75 Å². The monoisotopic (exact) mass is 456 g/mol. The summed E-state index contributed by atoms with van der Waals surface area (Å²) in [4.78, 5) is 31.8. The molecule has 2 heterocycles. The number of anilines is 2. The van der Waals surface area contributed by atoms with Crippen LogP contribution >= 0.6 is 0 Å². The highest BCUT2D eigenvalue weighted by Crippen LogP contribution is 2.31. The molecule has 0 saturated carbocycles. The summed E-state index contributed by atoms with van der Waals surface area (Å²) in [6, 6.07) is 19.2. The van der Waals surface area contributed by atoms with Gasteiger partial charge in [-0.1, -0.05) is 43.3 Å². The maximum atomic E-state index is 13.3. The summed E-state index contributed by atoms with van der Waals surface area (Å²) in [5, 5.41) is 2.98. The van der Waals surface area contributed by atoms with Gasteiger partial charge in [-0.2, -0.15) is 0 Å². The maximum Gasteiger partial charge on any atom is 0.257 e. The van der Waals surface area contributed by atoms with Gasteiger partial charge in [0.15, 0.2) is 0 Å². The lowest BCUT2D eigenvalue weighted by molar-refractivity contribution is -0.116. The molecule has 1 N–H and O–H groups in total. The molecule has 0 aliphatic rings. The van der Waals surface area contributed by atoms with Gasteiger partial charge in [-0.25, -0.2) is 4.98 Å². The van der Waals surface area contributed by atoms with Crippen LogP contribution in [0.2, 0.25) is 0 Å². The molecular formula is C27H28N4O3. The fourth-order valence-electron chi connectivity index (χ4n) is 4.07. The number of methoxy groups -OCH3 is 1. The number of nitrogens with one attached hydrogen (secondary N) is 1. The summed E-state index contributed by atoms with van der Waals surface area (Å²) < 4.78 is 7.29. The van der Waals surface area contributed by atoms with E-state index < -0.39 is 0 Å². The molecule has 174 valence electrons. The van der Waals surface area contributed by atoms with E-state index in [4.69, 9.17) is 4.74 Å². The molecule has 0 aliphatic heterocycles. The molecule has 2 aromatic carbocycles. The molecule has 0 radical (unpaired) electrons. The summed E-state index contributed by atoms with van der Waals surface area (Å²) in [5.41, 5.74) is 4.53. The van der Waals surface area contributed by atoms with Crippen molar-refractivity contribution in [3.05, 3.63) is 78.1 Å². The molecule has 0 saturated heterocycles. The first-order chi connectivity index (χ1) is 16.5. The number of pyridine rings is 1. The minimum Gasteiger partial charge on any atom is -0.495 e. The van der Waals surface area contributed by atoms with Crippen LogP contribution in [0.25, 0.3) is 16.8 Å². The molecule has 0 aliphatic carbocycles. The molecule has 0 fully saturated rings. The van der Waals surface area contributed by atoms with Crippen molar-refractivity contribution in [1.82, 2.24) is 9.38 Å². The van der Waals surface area contributed by atoms with Gasteiger partial charge in [-0.05, 0) is 48.7 Å². The Balaban J connectivity index is 1.72. The van der Waals surface area contributed by atoms with Gasteiger partial charge in [0.25, 0.3) is 5.91 Å². The molecule has 0 atom stereocenters. The van der Waals surface area contributed by atoms with Crippen LogP contribution in [0.3, 0.4) is 0 Å². The van der Waals surface area contributed by atoms with Crippen LogP contribution in [0, 0.1) is 0 Å². The predicted molar refractivity (Wildman–Crippen MR) is 135 cm³/mol. The third-order valence-corrected chi connectivity index (χ3v) is 5.77. The normalized spacial score (nSPS) is 10.8. The van der Waals surface area contributed by atoms with Crippen LogP contribution in [0.15, 0.2) is 66.9 Å². The first kappa shape index (κ1) is 23.0. The first-order valence-corrected chi connectivity index (χ1v) is 11.3. The maximum absolute atomic E-state index is 13.3. The minimum absolute atomic E-state index is 0.0729. The zero-order valence-electron chi connectivity index (χ0n) is 19.8. The number of amides is 2. The summed E-state index contributed by atoms with van der Waals surface area (Å²) >= 11 is 0. The second-order valence-corrected chi connectivity index (χ2v) is 7.88. The molecule has 2 amide bonds. The third-order valence-electron chi connectivity index (χ3n) is 5.77. The quantitative estimate of drug-likeness (QED) is 0.415. The Bertz CT molecular complexity index is 1350. The molecule has 0 unspecified atom stereocenters. The molecule has 7 heteroatoms. The van der Waals surface area contributed by atoms with E-state index in [1.807, 2.05) is 66.8 Å². The number of benzene rings is 2. The molecule has 4 aromatic rings. The van der Waals surface area contributed by atoms with Gasteiger partial charge >= 0.3 is 0 Å². The lowest BCUT2D eigenvalue weighted by atomic mass is 10.0. The van der Waals surface area contributed by atoms with Gasteiger partial charge < -0.3 is 10.1 Å². The second-order valence-electron chi connectivity index (χ2n) is 7.88. The summed E-state index contributed by atoms with van der Waals surface area (Å²) in [6.07, 6.45) is 2.40. The van der Waals surface area contributed by atoms with Crippen LogP contribution in [0.4, 0.5) is 11.5 Å². The van der Waals surface area contributed by atoms with E-state index in [-0.39, 0.29) is 11.8 Å². The van der Waals surface area contributed by atoms with Crippen LogP contribution in [-0.2, 0) is 11.2 Å². The van der Waals surface area contributed by atoms with Gasteiger partial charge in [-0.15, -0.1) is 0 Å². The number of rotatable bonds is 7. The number of carbonyl (C=O) groups excluding carboxylic acids is 2. The van der Waals surface area contributed by atoms with Gasteiger partial charge in [0.05, 0.1) is 24.1 Å². The van der Waals surface area contributed by atoms with E-state index in [9.17, 15) is 9.59 Å². The highest BCUT2D eigenvalue weighted by Gasteiger charge is 2.21. The van der Waals surface area contributed by atoms with Crippen molar-refractivity contribution < 1.29 is 14.3 Å². The number of hydrogen-bond acceptors (Lipinski definition) is 4. The number of nitrogens with zero attached hydrogens (tertiary/aromatic N) is 3. The third kappa shape index (κ3) is 4.37. The van der Waals surface area contributed by atoms with Crippen molar-refractivity contribution in [3.63, 3.8) is 0 Å². The Kier molecular flexibility index (Phi) is 6.63. The Morgan fingerprint density at radius 2 is 1.79 bits per heavy atom. The smallest absolute Gasteiger partial charge is 0.257 e. The highest BCUT2D eigenvalue weighted by atomic mass is 16.5. The fourth-order valence-corrected chi connectivity index (χ4v) is 4.07. The van der Waals surface area contributed by atoms with E-state index in [1.54, 1.807) is 30.3 Å². The highest BCUT2D eigenvalue weighted by molar-refractivity contribution is 6.05. The van der Waals surface area contributed by atoms with Crippen molar-refractivity contribution in [3.8, 4) is 16.9 Å². The standard InChI is InChI=1S/C27H28N4O3/c1-5-22-27(30(6-2)18(3)32)31-17-21(13-15-25(31)28-22)26(33)29-23-16-20(12-14-24(23)34-4)19-10-8-7-9-11-19/h7-17H,5-6H2,1-4H3,(H,29,33). The molecule has 2 aromatic heterocycles. The lowest BCUT2D eigenvalue weighted by Crippen LogP contribution is -2.30. The van der Waals surface area contributed by atoms with Crippen molar-refractivity contribution in [2.45, 2.75) is 27.2 Å². The number of ether oxygens (including phenoxy) is 1. The zero-order chi connectivity index (χ0) is 24.2. The van der Waals surface area contributed by atoms with Gasteiger partial charge in [0.2, 0.25) is 5.91 Å². The largest absolute Gasteiger partial charge is 0.495 e. The number of hydrogen-bond donors (Lipinski definition) is 1. The summed E-state index contributed by atoms with van der Waals surface area (Å²) in [6.45, 7) is 5.96. The van der Waals surface area contributed by atoms with E-state index in [0.717, 1.165) is 16.8 Å². The van der Waals surface area contributed by atoms with Crippen molar-refractivity contribution in [2.24, 2.45) is 0 Å². The molecule has 4 rings (SSSR count). The topological polar surface area (TPSA) is 75.9 Å². The number of aryl methyl sites for hydroxylation is 1. The van der Waals surface area contributed by atoms with Crippen molar-refractivity contribution in [1.29, 1.82) is 0 Å². The van der Waals surface area contributed by atoms with E-state index >= 15 is 0 Å². The number of fused-ring (bicyclic) bond motifs is 1. The molecular weight excluding hydrogens is 428 g/mol. The van der Waals surface area contributed by atoms with Crippen molar-refractivity contribution >= 4 is 29.0 Å². The number of carbonyl (C=O) groups is 2. The lowest BCUT2D eigenvalue weighted by Gasteiger charge is -2.20. The fraction of sp³-hybridized carbons (Fsp3) is 0.222. The minimum atomic E-state index is -0.283. The SMILES string of the molecule is CCc1nc2ccc(C(=O)Nc3cc(-c4ccccc4)ccc3OC)cn2c1N(CC)C(C)=O. The number of imidazole rings is 1. The molecule has 0 spiro atoms. The Hall–Kier alpha value is -4.13. The average Bonchev–Trinajstić information content (AvgIpc) is 3.22. The first-order valence-electron chi connectivity index (χ1n) is 11.3. The van der Waals surface area contributed by atoms with E-state index in [2.05, 4.69) is 10.3 Å². The summed E-state index contributed by atoms with van der Waals surface area (Å²) in [7, 11) is 1.57. The average molecular weight is 457 g/mol. The van der Waals surface area contributed by atoms with Crippen LogP contribution < -0.4 is 15.0 Å². The number of aromatic nitrogens is 2. The van der Waals surface area contributed by atoms with Crippen LogP contribution in [0.1, 0.15) is 36.8 Å². The predicted octanol–water partition coefficient (Wildman–Crippen LogP) is 5.20. The molecule has 34 heavy (non-hydrogen) atoms. The van der Waals surface area contributed by atoms with E-state index in [0.29, 0.717) is 41.4 Å². The second kappa shape index (κ2) is 9.79. The Morgan fingerprint density at radius 1 is 1.03 bits per heavy atom. The van der Waals surface area contributed by atoms with E-state index in [1.165, 1.54) is 6.92 Å².